The van der Waals surface area contributed by atoms with Crippen LogP contribution in [0.3, 0.4) is 0 Å². The van der Waals surface area contributed by atoms with E-state index in [1.807, 2.05) is 30.3 Å². The molecule has 0 bridgehead atoms. The highest BCUT2D eigenvalue weighted by molar-refractivity contribution is 6.11. The highest BCUT2D eigenvalue weighted by atomic mass is 16.7. The number of rotatable bonds is 6. The van der Waals surface area contributed by atoms with Gasteiger partial charge in [0.05, 0.1) is 12.8 Å². The number of ether oxygens (including phenoxy) is 2. The summed E-state index contributed by atoms with van der Waals surface area (Å²) in [5.41, 5.74) is 0.847. The molecule has 2 aliphatic rings. The number of nitrogens with one attached hydrogen (secondary N) is 1. The van der Waals surface area contributed by atoms with E-state index in [4.69, 9.17) is 14.3 Å². The summed E-state index contributed by atoms with van der Waals surface area (Å²) < 4.78 is 10.8. The number of para-hydroxylation sites is 1. The van der Waals surface area contributed by atoms with Crippen LogP contribution in [0.2, 0.25) is 0 Å². The van der Waals surface area contributed by atoms with Gasteiger partial charge in [-0.2, -0.15) is 0 Å². The zero-order valence-corrected chi connectivity index (χ0v) is 16.2. The van der Waals surface area contributed by atoms with Gasteiger partial charge in [0.2, 0.25) is 5.60 Å². The van der Waals surface area contributed by atoms with Crippen LogP contribution >= 0.6 is 0 Å². The second-order valence-corrected chi connectivity index (χ2v) is 7.03. The first-order valence-electron chi connectivity index (χ1n) is 9.32. The van der Waals surface area contributed by atoms with Crippen LogP contribution in [0, 0.1) is 0 Å². The number of carbonyl (C=O) groups excluding carboxylic acids is 2. The minimum atomic E-state index is -1.70. The van der Waals surface area contributed by atoms with E-state index in [2.05, 4.69) is 10.5 Å². The maximum Gasteiger partial charge on any atom is 0.272 e. The highest BCUT2D eigenvalue weighted by Crippen LogP contribution is 2.34. The average Bonchev–Trinajstić information content (AvgIpc) is 3.18. The molecule has 0 radical (unpaired) electrons. The molecule has 0 saturated carbocycles. The van der Waals surface area contributed by atoms with Crippen molar-refractivity contribution in [3.05, 3.63) is 59.7 Å². The Morgan fingerprint density at radius 3 is 2.70 bits per heavy atom. The van der Waals surface area contributed by atoms with Gasteiger partial charge in [-0.1, -0.05) is 23.4 Å². The van der Waals surface area contributed by atoms with Crippen LogP contribution in [-0.4, -0.2) is 36.9 Å². The topological polar surface area (TPSA) is 109 Å². The number of nitrogens with zero attached hydrogens (tertiary/aromatic N) is 1. The molecule has 1 atom stereocenters. The van der Waals surface area contributed by atoms with Crippen molar-refractivity contribution in [2.45, 2.75) is 18.4 Å². The predicted molar refractivity (Wildman–Crippen MR) is 107 cm³/mol. The Morgan fingerprint density at radius 2 is 1.97 bits per heavy atom. The smallest absolute Gasteiger partial charge is 0.272 e. The predicted octanol–water partition coefficient (Wildman–Crippen LogP) is 1.76. The molecule has 0 aliphatic carbocycles. The SMILES string of the molecule is COc1ccc(NC(=O)[C@]2(CC(=O)[O-])CC(C3=Cc4ccccc4OC3)=NO2)cc1. The Hall–Kier alpha value is -3.81. The van der Waals surface area contributed by atoms with E-state index in [0.717, 1.165) is 16.9 Å². The summed E-state index contributed by atoms with van der Waals surface area (Å²) in [6, 6.07) is 14.2. The molecule has 0 fully saturated rings. The minimum absolute atomic E-state index is 0.0136. The van der Waals surface area contributed by atoms with E-state index < -0.39 is 23.9 Å². The lowest BCUT2D eigenvalue weighted by Gasteiger charge is -2.26. The normalized spacial score (nSPS) is 19.5. The van der Waals surface area contributed by atoms with Gasteiger partial charge in [0.25, 0.3) is 5.91 Å². The molecule has 2 aromatic carbocycles. The number of fused-ring (bicyclic) bond motifs is 1. The molecule has 8 heteroatoms. The van der Waals surface area contributed by atoms with Crippen LogP contribution in [-0.2, 0) is 14.4 Å². The van der Waals surface area contributed by atoms with Crippen LogP contribution < -0.4 is 19.9 Å². The summed E-state index contributed by atoms with van der Waals surface area (Å²) >= 11 is 0. The van der Waals surface area contributed by atoms with E-state index in [-0.39, 0.29) is 13.0 Å². The van der Waals surface area contributed by atoms with Gasteiger partial charge in [-0.05, 0) is 36.4 Å². The summed E-state index contributed by atoms with van der Waals surface area (Å²) in [6.45, 7) is 0.251. The number of hydrogen-bond acceptors (Lipinski definition) is 7. The zero-order valence-electron chi connectivity index (χ0n) is 16.2. The van der Waals surface area contributed by atoms with E-state index in [9.17, 15) is 14.7 Å². The van der Waals surface area contributed by atoms with Crippen molar-refractivity contribution >= 4 is 29.4 Å². The molecule has 0 saturated heterocycles. The molecule has 2 aromatic rings. The lowest BCUT2D eigenvalue weighted by Crippen LogP contribution is -2.47. The molecule has 0 unspecified atom stereocenters. The van der Waals surface area contributed by atoms with E-state index in [1.165, 1.54) is 7.11 Å². The number of oxime groups is 1. The standard InChI is InChI=1S/C22H20N2O6/c1-28-17-8-6-16(7-9-17)23-21(27)22(12-20(25)26)11-18(24-30-22)15-10-14-4-2-3-5-19(14)29-13-15/h2-10H,11-13H2,1H3,(H,23,27)(H,25,26)/p-1/t22-/m1/s1. The van der Waals surface area contributed by atoms with Gasteiger partial charge in [0, 0.05) is 35.6 Å². The molecule has 4 rings (SSSR count). The molecule has 2 heterocycles. The lowest BCUT2D eigenvalue weighted by molar-refractivity contribution is -0.309. The summed E-state index contributed by atoms with van der Waals surface area (Å²) in [7, 11) is 1.54. The van der Waals surface area contributed by atoms with Crippen molar-refractivity contribution in [1.29, 1.82) is 0 Å². The summed E-state index contributed by atoms with van der Waals surface area (Å²) in [5, 5.41) is 18.1. The van der Waals surface area contributed by atoms with Crippen LogP contribution in [0.15, 0.2) is 59.3 Å². The van der Waals surface area contributed by atoms with E-state index in [1.54, 1.807) is 24.3 Å². The van der Waals surface area contributed by atoms with Gasteiger partial charge in [0.1, 0.15) is 18.1 Å². The summed E-state index contributed by atoms with van der Waals surface area (Å²) in [4.78, 5) is 29.8. The number of aliphatic carboxylic acids is 1. The molecule has 154 valence electrons. The Bertz CT molecular complexity index is 1040. The summed E-state index contributed by atoms with van der Waals surface area (Å²) in [6.07, 6.45) is 1.25. The first-order chi connectivity index (χ1) is 14.5. The third kappa shape index (κ3) is 3.84. The number of anilines is 1. The number of carboxylic acids is 1. The first kappa shape index (κ1) is 19.5. The molecule has 0 aromatic heterocycles. The molecule has 8 nitrogen and oxygen atoms in total. The van der Waals surface area contributed by atoms with Crippen LogP contribution in [0.5, 0.6) is 11.5 Å². The number of methoxy groups -OCH3 is 1. The average molecular weight is 407 g/mol. The number of carboxylic acid groups (broad SMARTS) is 1. The molecular formula is C22H19N2O6-. The number of benzene rings is 2. The van der Waals surface area contributed by atoms with Gasteiger partial charge in [0.15, 0.2) is 0 Å². The largest absolute Gasteiger partial charge is 0.550 e. The number of carbonyl (C=O) groups is 2. The first-order valence-corrected chi connectivity index (χ1v) is 9.32. The molecular weight excluding hydrogens is 388 g/mol. The van der Waals surface area contributed by atoms with Crippen LogP contribution in [0.25, 0.3) is 6.08 Å². The number of hydrogen-bond donors (Lipinski definition) is 1. The van der Waals surface area contributed by atoms with Crippen molar-refractivity contribution in [2.24, 2.45) is 5.16 Å². The van der Waals surface area contributed by atoms with E-state index >= 15 is 0 Å². The van der Waals surface area contributed by atoms with Crippen molar-refractivity contribution in [1.82, 2.24) is 0 Å². The van der Waals surface area contributed by atoms with Crippen molar-refractivity contribution < 1.29 is 29.0 Å². The van der Waals surface area contributed by atoms with Crippen LogP contribution in [0.1, 0.15) is 18.4 Å². The quantitative estimate of drug-likeness (QED) is 0.782. The molecule has 1 amide bonds. The van der Waals surface area contributed by atoms with Crippen molar-refractivity contribution in [2.75, 3.05) is 19.0 Å². The molecule has 1 N–H and O–H groups in total. The molecule has 2 aliphatic heterocycles. The Morgan fingerprint density at radius 1 is 1.20 bits per heavy atom. The second-order valence-electron chi connectivity index (χ2n) is 7.03. The fourth-order valence-corrected chi connectivity index (χ4v) is 3.38. The van der Waals surface area contributed by atoms with Gasteiger partial charge >= 0.3 is 0 Å². The van der Waals surface area contributed by atoms with Gasteiger partial charge < -0.3 is 29.5 Å². The maximum atomic E-state index is 13.0. The second kappa shape index (κ2) is 7.90. The third-order valence-corrected chi connectivity index (χ3v) is 4.98. The minimum Gasteiger partial charge on any atom is -0.550 e. The fraction of sp³-hybridized carbons (Fsp3) is 0.227. The maximum absolute atomic E-state index is 13.0. The van der Waals surface area contributed by atoms with Crippen molar-refractivity contribution in [3.8, 4) is 11.5 Å². The Balaban J connectivity index is 1.54. The Kier molecular flexibility index (Phi) is 5.14. The fourth-order valence-electron chi connectivity index (χ4n) is 3.38. The van der Waals surface area contributed by atoms with Gasteiger partial charge in [-0.25, -0.2) is 0 Å². The highest BCUT2D eigenvalue weighted by Gasteiger charge is 2.47. The number of amides is 1. The van der Waals surface area contributed by atoms with Gasteiger partial charge in [-0.15, -0.1) is 0 Å². The van der Waals surface area contributed by atoms with Crippen LogP contribution in [0.4, 0.5) is 5.69 Å². The zero-order chi connectivity index (χ0) is 21.1. The molecule has 30 heavy (non-hydrogen) atoms. The molecule has 0 spiro atoms. The van der Waals surface area contributed by atoms with Crippen molar-refractivity contribution in [3.63, 3.8) is 0 Å². The lowest BCUT2D eigenvalue weighted by atomic mass is 9.89. The Labute approximate surface area is 172 Å². The monoisotopic (exact) mass is 407 g/mol. The summed E-state index contributed by atoms with van der Waals surface area (Å²) in [5.74, 6) is -0.646. The van der Waals surface area contributed by atoms with Gasteiger partial charge in [-0.3, -0.25) is 4.79 Å². The van der Waals surface area contributed by atoms with E-state index in [0.29, 0.717) is 17.1 Å². The third-order valence-electron chi connectivity index (χ3n) is 4.98.